The molecule has 72 valence electrons. The molecule has 2 aromatic heterocycles. The minimum absolute atomic E-state index is 0.129. The predicted molar refractivity (Wildman–Crippen MR) is 58.7 cm³/mol. The molecule has 0 radical (unpaired) electrons. The number of nitrogens with zero attached hydrogens (tertiary/aromatic N) is 1. The first-order valence-electron chi connectivity index (χ1n) is 3.75. The van der Waals surface area contributed by atoms with Gasteiger partial charge in [-0.1, -0.05) is 0 Å². The second-order valence-electron chi connectivity index (χ2n) is 2.60. The molecule has 2 heterocycles. The number of nitro groups is 1. The van der Waals surface area contributed by atoms with Gasteiger partial charge in [0.15, 0.2) is 0 Å². The van der Waals surface area contributed by atoms with Crippen LogP contribution in [0.4, 0.5) is 11.4 Å². The summed E-state index contributed by atoms with van der Waals surface area (Å²) < 4.78 is 0. The molecule has 0 atom stereocenters. The summed E-state index contributed by atoms with van der Waals surface area (Å²) in [4.78, 5) is 11.7. The molecule has 0 aliphatic carbocycles. The van der Waals surface area contributed by atoms with E-state index in [0.717, 1.165) is 4.88 Å². The average molecular weight is 226 g/mol. The van der Waals surface area contributed by atoms with Crippen molar-refractivity contribution in [2.45, 2.75) is 0 Å². The van der Waals surface area contributed by atoms with Gasteiger partial charge >= 0.3 is 0 Å². The highest BCUT2D eigenvalue weighted by atomic mass is 32.1. The maximum Gasteiger partial charge on any atom is 0.288 e. The Bertz CT molecular complexity index is 475. The first-order valence-corrected chi connectivity index (χ1v) is 5.51. The van der Waals surface area contributed by atoms with E-state index in [4.69, 9.17) is 5.73 Å². The predicted octanol–water partition coefficient (Wildman–Crippen LogP) is 2.97. The molecule has 2 N–H and O–H groups in total. The second kappa shape index (κ2) is 3.39. The van der Waals surface area contributed by atoms with Crippen molar-refractivity contribution in [1.82, 2.24) is 0 Å². The number of nitrogens with two attached hydrogens (primary N) is 1. The van der Waals surface area contributed by atoms with Gasteiger partial charge in [-0.2, -0.15) is 0 Å². The lowest BCUT2D eigenvalue weighted by Crippen LogP contribution is -1.88. The SMILES string of the molecule is Nc1ccsc1-c1sccc1[N+](=O)[O-]. The van der Waals surface area contributed by atoms with Crippen LogP contribution in [-0.2, 0) is 0 Å². The number of anilines is 1. The molecule has 0 aromatic carbocycles. The summed E-state index contributed by atoms with van der Waals surface area (Å²) in [6.45, 7) is 0. The van der Waals surface area contributed by atoms with E-state index in [-0.39, 0.29) is 10.6 Å². The average Bonchev–Trinajstić information content (AvgIpc) is 2.70. The molecule has 0 unspecified atom stereocenters. The Kier molecular flexibility index (Phi) is 2.22. The van der Waals surface area contributed by atoms with Gasteiger partial charge in [0, 0.05) is 6.07 Å². The standard InChI is InChI=1S/C8H6N2O2S2/c9-5-1-3-13-7(5)8-6(10(11)12)2-4-14-8/h1-4H,9H2. The molecule has 6 heteroatoms. The van der Waals surface area contributed by atoms with Gasteiger partial charge in [-0.15, -0.1) is 22.7 Å². The van der Waals surface area contributed by atoms with Crippen LogP contribution >= 0.6 is 22.7 Å². The maximum atomic E-state index is 10.7. The highest BCUT2D eigenvalue weighted by Gasteiger charge is 2.19. The van der Waals surface area contributed by atoms with Crippen LogP contribution in [0.2, 0.25) is 0 Å². The van der Waals surface area contributed by atoms with E-state index in [9.17, 15) is 10.1 Å². The van der Waals surface area contributed by atoms with E-state index in [0.29, 0.717) is 10.6 Å². The van der Waals surface area contributed by atoms with E-state index in [1.165, 1.54) is 28.7 Å². The second-order valence-corrected chi connectivity index (χ2v) is 4.43. The van der Waals surface area contributed by atoms with Gasteiger partial charge < -0.3 is 5.73 Å². The lowest BCUT2D eigenvalue weighted by atomic mass is 10.3. The quantitative estimate of drug-likeness (QED) is 0.632. The largest absolute Gasteiger partial charge is 0.398 e. The Morgan fingerprint density at radius 1 is 1.21 bits per heavy atom. The molecule has 0 saturated carbocycles. The van der Waals surface area contributed by atoms with Crippen LogP contribution < -0.4 is 5.73 Å². The molecular weight excluding hydrogens is 220 g/mol. The number of hydrogen-bond acceptors (Lipinski definition) is 5. The minimum Gasteiger partial charge on any atom is -0.398 e. The third-order valence-electron chi connectivity index (χ3n) is 1.74. The highest BCUT2D eigenvalue weighted by Crippen LogP contribution is 2.41. The first kappa shape index (κ1) is 9.17. The zero-order valence-electron chi connectivity index (χ0n) is 6.97. The fourth-order valence-corrected chi connectivity index (χ4v) is 3.00. The molecule has 4 nitrogen and oxygen atoms in total. The fourth-order valence-electron chi connectivity index (χ4n) is 1.12. The van der Waals surface area contributed by atoms with Crippen LogP contribution in [0.1, 0.15) is 0 Å². The van der Waals surface area contributed by atoms with Crippen LogP contribution in [0.5, 0.6) is 0 Å². The summed E-state index contributed by atoms with van der Waals surface area (Å²) in [5, 5.41) is 14.2. The number of nitrogen functional groups attached to an aromatic ring is 1. The van der Waals surface area contributed by atoms with Crippen molar-refractivity contribution in [3.8, 4) is 9.75 Å². The van der Waals surface area contributed by atoms with Gasteiger partial charge in [0.2, 0.25) is 0 Å². The third kappa shape index (κ3) is 1.38. The zero-order chi connectivity index (χ0) is 10.1. The molecule has 2 aromatic rings. The molecule has 0 amide bonds. The normalized spacial score (nSPS) is 10.3. The summed E-state index contributed by atoms with van der Waals surface area (Å²) in [6, 6.07) is 3.25. The first-order chi connectivity index (χ1) is 6.70. The van der Waals surface area contributed by atoms with Gasteiger partial charge in [0.05, 0.1) is 15.5 Å². The molecule has 2 rings (SSSR count). The molecule has 0 spiro atoms. The van der Waals surface area contributed by atoms with Crippen LogP contribution in [0.3, 0.4) is 0 Å². The molecule has 0 saturated heterocycles. The Morgan fingerprint density at radius 2 is 1.86 bits per heavy atom. The lowest BCUT2D eigenvalue weighted by molar-refractivity contribution is -0.383. The highest BCUT2D eigenvalue weighted by molar-refractivity contribution is 7.21. The van der Waals surface area contributed by atoms with E-state index in [1.54, 1.807) is 11.4 Å². The monoisotopic (exact) mass is 226 g/mol. The van der Waals surface area contributed by atoms with Crippen molar-refractivity contribution < 1.29 is 4.92 Å². The third-order valence-corrected chi connectivity index (χ3v) is 3.74. The Labute approximate surface area is 87.8 Å². The number of thiophene rings is 2. The van der Waals surface area contributed by atoms with E-state index in [2.05, 4.69) is 0 Å². The van der Waals surface area contributed by atoms with Gasteiger partial charge in [0.25, 0.3) is 5.69 Å². The number of hydrogen-bond donors (Lipinski definition) is 1. The topological polar surface area (TPSA) is 69.2 Å². The van der Waals surface area contributed by atoms with Gasteiger partial charge in [-0.25, -0.2) is 0 Å². The Balaban J connectivity index is 2.57. The molecule has 0 fully saturated rings. The fraction of sp³-hybridized carbons (Fsp3) is 0. The molecule has 0 bridgehead atoms. The van der Waals surface area contributed by atoms with Gasteiger partial charge in [0.1, 0.15) is 4.88 Å². The minimum atomic E-state index is -0.384. The van der Waals surface area contributed by atoms with Crippen LogP contribution in [0.25, 0.3) is 9.75 Å². The zero-order valence-corrected chi connectivity index (χ0v) is 8.60. The van der Waals surface area contributed by atoms with Crippen molar-refractivity contribution >= 4 is 34.0 Å². The Hall–Kier alpha value is -1.40. The van der Waals surface area contributed by atoms with Crippen molar-refractivity contribution in [3.63, 3.8) is 0 Å². The van der Waals surface area contributed by atoms with Crippen molar-refractivity contribution in [2.24, 2.45) is 0 Å². The maximum absolute atomic E-state index is 10.7. The van der Waals surface area contributed by atoms with Crippen molar-refractivity contribution in [1.29, 1.82) is 0 Å². The van der Waals surface area contributed by atoms with E-state index in [1.807, 2.05) is 5.38 Å². The van der Waals surface area contributed by atoms with E-state index < -0.39 is 0 Å². The summed E-state index contributed by atoms with van der Waals surface area (Å²) in [7, 11) is 0. The molecular formula is C8H6N2O2S2. The van der Waals surface area contributed by atoms with Crippen molar-refractivity contribution in [2.75, 3.05) is 5.73 Å². The molecule has 0 aliphatic rings. The van der Waals surface area contributed by atoms with Crippen LogP contribution in [0, 0.1) is 10.1 Å². The number of rotatable bonds is 2. The van der Waals surface area contributed by atoms with Gasteiger partial charge in [-0.3, -0.25) is 10.1 Å². The van der Waals surface area contributed by atoms with E-state index >= 15 is 0 Å². The summed E-state index contributed by atoms with van der Waals surface area (Å²) in [6.07, 6.45) is 0. The van der Waals surface area contributed by atoms with Crippen LogP contribution in [0.15, 0.2) is 22.9 Å². The van der Waals surface area contributed by atoms with Gasteiger partial charge in [-0.05, 0) is 16.8 Å². The summed E-state index contributed by atoms with van der Waals surface area (Å²) in [5.74, 6) is 0. The molecule has 14 heavy (non-hydrogen) atoms. The summed E-state index contributed by atoms with van der Waals surface area (Å²) in [5.41, 5.74) is 6.42. The van der Waals surface area contributed by atoms with Crippen molar-refractivity contribution in [3.05, 3.63) is 33.0 Å². The molecule has 0 aliphatic heterocycles. The van der Waals surface area contributed by atoms with Crippen LogP contribution in [-0.4, -0.2) is 4.92 Å². The smallest absolute Gasteiger partial charge is 0.288 e. The summed E-state index contributed by atoms with van der Waals surface area (Å²) >= 11 is 2.76. The Morgan fingerprint density at radius 3 is 2.43 bits per heavy atom. The lowest BCUT2D eigenvalue weighted by Gasteiger charge is -1.94.